The van der Waals surface area contributed by atoms with Crippen LogP contribution in [0.15, 0.2) is 24.3 Å². The van der Waals surface area contributed by atoms with Gasteiger partial charge in [-0.15, -0.1) is 0 Å². The molecule has 126 valence electrons. The summed E-state index contributed by atoms with van der Waals surface area (Å²) < 4.78 is 0. The van der Waals surface area contributed by atoms with E-state index in [1.165, 1.54) is 6.07 Å². The van der Waals surface area contributed by atoms with Crippen LogP contribution in [0.2, 0.25) is 0 Å². The Bertz CT molecular complexity index is 563. The lowest BCUT2D eigenvalue weighted by molar-refractivity contribution is -0.127. The maximum absolute atomic E-state index is 12.4. The van der Waals surface area contributed by atoms with Gasteiger partial charge in [0.05, 0.1) is 5.56 Å². The van der Waals surface area contributed by atoms with Crippen LogP contribution in [0.3, 0.4) is 0 Å². The van der Waals surface area contributed by atoms with Crippen LogP contribution < -0.4 is 5.32 Å². The Balaban J connectivity index is 1.90. The Hall–Kier alpha value is -2.04. The molecular weight excluding hydrogens is 292 g/mol. The summed E-state index contributed by atoms with van der Waals surface area (Å²) in [6, 6.07) is 6.73. The van der Waals surface area contributed by atoms with Crippen LogP contribution in [-0.4, -0.2) is 41.0 Å². The third-order valence-corrected chi connectivity index (χ3v) is 4.66. The number of rotatable bonds is 4. The largest absolute Gasteiger partial charge is 0.507 e. The Kier molecular flexibility index (Phi) is 5.64. The number of hydrogen-bond donors (Lipinski definition) is 2. The molecule has 5 heteroatoms. The molecule has 0 radical (unpaired) electrons. The van der Waals surface area contributed by atoms with E-state index in [2.05, 4.69) is 19.2 Å². The molecule has 2 amide bonds. The van der Waals surface area contributed by atoms with E-state index in [0.29, 0.717) is 37.4 Å². The molecule has 5 nitrogen and oxygen atoms in total. The minimum absolute atomic E-state index is 0.00289. The molecule has 0 aliphatic carbocycles. The molecule has 2 N–H and O–H groups in total. The van der Waals surface area contributed by atoms with Crippen molar-refractivity contribution in [3.05, 3.63) is 29.8 Å². The van der Waals surface area contributed by atoms with Crippen molar-refractivity contribution in [1.82, 2.24) is 10.2 Å². The first-order valence-electron chi connectivity index (χ1n) is 8.27. The van der Waals surface area contributed by atoms with E-state index in [1.807, 2.05) is 6.92 Å². The number of amides is 2. The predicted molar refractivity (Wildman–Crippen MR) is 89.2 cm³/mol. The van der Waals surface area contributed by atoms with Crippen LogP contribution in [0.4, 0.5) is 0 Å². The first kappa shape index (κ1) is 17.3. The number of phenols is 1. The van der Waals surface area contributed by atoms with Crippen molar-refractivity contribution in [3.63, 3.8) is 0 Å². The van der Waals surface area contributed by atoms with Crippen molar-refractivity contribution in [3.8, 4) is 5.75 Å². The van der Waals surface area contributed by atoms with Gasteiger partial charge in [-0.3, -0.25) is 9.59 Å². The zero-order valence-electron chi connectivity index (χ0n) is 14.1. The van der Waals surface area contributed by atoms with Crippen LogP contribution in [0.5, 0.6) is 5.75 Å². The fraction of sp³-hybridized carbons (Fsp3) is 0.556. The Morgan fingerprint density at radius 1 is 1.17 bits per heavy atom. The standard InChI is InChI=1S/C18H26N2O3/c1-12(2)13(3)19-17(22)14-8-10-20(11-9-14)18(23)15-6-4-5-7-16(15)21/h4-7,12-14,21H,8-11H2,1-3H3,(H,19,22). The SMILES string of the molecule is CC(C)C(C)NC(=O)C1CCN(C(=O)c2ccccc2O)CC1. The molecular formula is C18H26N2O3. The van der Waals surface area contributed by atoms with E-state index < -0.39 is 0 Å². The number of para-hydroxylation sites is 1. The van der Waals surface area contributed by atoms with Gasteiger partial charge in [-0.05, 0) is 37.8 Å². The quantitative estimate of drug-likeness (QED) is 0.895. The maximum atomic E-state index is 12.4. The van der Waals surface area contributed by atoms with E-state index in [0.717, 1.165) is 0 Å². The van der Waals surface area contributed by atoms with Gasteiger partial charge < -0.3 is 15.3 Å². The highest BCUT2D eigenvalue weighted by Crippen LogP contribution is 2.23. The second kappa shape index (κ2) is 7.49. The van der Waals surface area contributed by atoms with E-state index in [9.17, 15) is 14.7 Å². The summed E-state index contributed by atoms with van der Waals surface area (Å²) in [5.74, 6) is 0.285. The smallest absolute Gasteiger partial charge is 0.257 e. The molecule has 1 unspecified atom stereocenters. The molecule has 1 heterocycles. The molecule has 0 aromatic heterocycles. The van der Waals surface area contributed by atoms with Gasteiger partial charge in [-0.2, -0.15) is 0 Å². The van der Waals surface area contributed by atoms with Gasteiger partial charge in [-0.1, -0.05) is 26.0 Å². The molecule has 23 heavy (non-hydrogen) atoms. The van der Waals surface area contributed by atoms with Crippen LogP contribution in [-0.2, 0) is 4.79 Å². The molecule has 0 spiro atoms. The van der Waals surface area contributed by atoms with E-state index in [1.54, 1.807) is 23.1 Å². The summed E-state index contributed by atoms with van der Waals surface area (Å²) in [4.78, 5) is 26.4. The van der Waals surface area contributed by atoms with Gasteiger partial charge in [0, 0.05) is 25.0 Å². The molecule has 1 aromatic rings. The topological polar surface area (TPSA) is 69.6 Å². The minimum Gasteiger partial charge on any atom is -0.507 e. The number of benzene rings is 1. The maximum Gasteiger partial charge on any atom is 0.257 e. The summed E-state index contributed by atoms with van der Waals surface area (Å²) in [6.07, 6.45) is 1.33. The summed E-state index contributed by atoms with van der Waals surface area (Å²) in [7, 11) is 0. The molecule has 1 atom stereocenters. The number of carbonyl (C=O) groups excluding carboxylic acids is 2. The lowest BCUT2D eigenvalue weighted by Crippen LogP contribution is -2.45. The van der Waals surface area contributed by atoms with Gasteiger partial charge in [0.2, 0.25) is 5.91 Å². The normalized spacial score (nSPS) is 17.1. The Labute approximate surface area is 137 Å². The molecule has 1 saturated heterocycles. The van der Waals surface area contributed by atoms with Crippen LogP contribution in [0, 0.1) is 11.8 Å². The zero-order chi connectivity index (χ0) is 17.0. The number of likely N-dealkylation sites (tertiary alicyclic amines) is 1. The van der Waals surface area contributed by atoms with Crippen LogP contribution in [0.25, 0.3) is 0 Å². The fourth-order valence-corrected chi connectivity index (χ4v) is 2.68. The van der Waals surface area contributed by atoms with E-state index >= 15 is 0 Å². The van der Waals surface area contributed by atoms with Gasteiger partial charge in [0.1, 0.15) is 5.75 Å². The van der Waals surface area contributed by atoms with Gasteiger partial charge in [0.25, 0.3) is 5.91 Å². The lowest BCUT2D eigenvalue weighted by atomic mass is 9.94. The van der Waals surface area contributed by atoms with Crippen molar-refractivity contribution in [2.45, 2.75) is 39.7 Å². The summed E-state index contributed by atoms with van der Waals surface area (Å²) >= 11 is 0. The number of phenolic OH excluding ortho intramolecular Hbond substituents is 1. The highest BCUT2D eigenvalue weighted by molar-refractivity contribution is 5.97. The van der Waals surface area contributed by atoms with Crippen molar-refractivity contribution < 1.29 is 14.7 Å². The van der Waals surface area contributed by atoms with Crippen molar-refractivity contribution in [2.24, 2.45) is 11.8 Å². The molecule has 1 aliphatic heterocycles. The van der Waals surface area contributed by atoms with Crippen molar-refractivity contribution >= 4 is 11.8 Å². The Morgan fingerprint density at radius 3 is 2.35 bits per heavy atom. The highest BCUT2D eigenvalue weighted by Gasteiger charge is 2.29. The second-order valence-corrected chi connectivity index (χ2v) is 6.62. The molecule has 0 bridgehead atoms. The second-order valence-electron chi connectivity index (χ2n) is 6.62. The molecule has 1 aliphatic rings. The monoisotopic (exact) mass is 318 g/mol. The predicted octanol–water partition coefficient (Wildman–Crippen LogP) is 2.41. The molecule has 0 saturated carbocycles. The van der Waals surface area contributed by atoms with Crippen LogP contribution in [0.1, 0.15) is 44.0 Å². The Morgan fingerprint density at radius 2 is 1.78 bits per heavy atom. The lowest BCUT2D eigenvalue weighted by Gasteiger charge is -2.32. The number of piperidine rings is 1. The zero-order valence-corrected chi connectivity index (χ0v) is 14.1. The van der Waals surface area contributed by atoms with Crippen LogP contribution >= 0.6 is 0 Å². The summed E-state index contributed by atoms with van der Waals surface area (Å²) in [5.41, 5.74) is 0.323. The first-order valence-corrected chi connectivity index (χ1v) is 8.27. The number of hydrogen-bond acceptors (Lipinski definition) is 3. The summed E-state index contributed by atoms with van der Waals surface area (Å²) in [6.45, 7) is 7.26. The first-order chi connectivity index (χ1) is 10.9. The van der Waals surface area contributed by atoms with Crippen molar-refractivity contribution in [1.29, 1.82) is 0 Å². The summed E-state index contributed by atoms with van der Waals surface area (Å²) in [5, 5.41) is 12.8. The average Bonchev–Trinajstić information content (AvgIpc) is 2.54. The molecule has 2 rings (SSSR count). The average molecular weight is 318 g/mol. The minimum atomic E-state index is -0.169. The van der Waals surface area contributed by atoms with E-state index in [4.69, 9.17) is 0 Å². The van der Waals surface area contributed by atoms with Gasteiger partial charge >= 0.3 is 0 Å². The fourth-order valence-electron chi connectivity index (χ4n) is 2.68. The number of nitrogens with one attached hydrogen (secondary N) is 1. The number of carbonyl (C=O) groups is 2. The third-order valence-electron chi connectivity index (χ3n) is 4.66. The molecule has 1 fully saturated rings. The van der Waals surface area contributed by atoms with Gasteiger partial charge in [-0.25, -0.2) is 0 Å². The van der Waals surface area contributed by atoms with Crippen molar-refractivity contribution in [2.75, 3.05) is 13.1 Å². The number of aromatic hydroxyl groups is 1. The third kappa shape index (κ3) is 4.24. The molecule has 1 aromatic carbocycles. The van der Waals surface area contributed by atoms with Gasteiger partial charge in [0.15, 0.2) is 0 Å². The highest BCUT2D eigenvalue weighted by atomic mass is 16.3. The number of nitrogens with zero attached hydrogens (tertiary/aromatic N) is 1. The van der Waals surface area contributed by atoms with E-state index in [-0.39, 0.29) is 29.5 Å².